The van der Waals surface area contributed by atoms with Crippen molar-refractivity contribution in [1.29, 1.82) is 0 Å². The number of aliphatic hydroxyl groups is 1. The lowest BCUT2D eigenvalue weighted by Gasteiger charge is -2.30. The van der Waals surface area contributed by atoms with Gasteiger partial charge in [-0.3, -0.25) is 0 Å². The van der Waals surface area contributed by atoms with Gasteiger partial charge in [0.2, 0.25) is 0 Å². The van der Waals surface area contributed by atoms with E-state index in [4.69, 9.17) is 16.3 Å². The first-order chi connectivity index (χ1) is 9.54. The molecule has 1 N–H and O–H groups in total. The summed E-state index contributed by atoms with van der Waals surface area (Å²) in [6, 6.07) is 8.05. The van der Waals surface area contributed by atoms with Crippen LogP contribution in [0.25, 0.3) is 0 Å². The molecule has 2 atom stereocenters. The van der Waals surface area contributed by atoms with Crippen molar-refractivity contribution in [3.05, 3.63) is 64.2 Å². The summed E-state index contributed by atoms with van der Waals surface area (Å²) in [4.78, 5) is 0. The van der Waals surface area contributed by atoms with Gasteiger partial charge < -0.3 is 9.84 Å². The Kier molecular flexibility index (Phi) is 3.36. The van der Waals surface area contributed by atoms with Crippen LogP contribution < -0.4 is 4.74 Å². The van der Waals surface area contributed by atoms with Crippen LogP contribution in [0.1, 0.15) is 29.8 Å². The zero-order valence-electron chi connectivity index (χ0n) is 10.3. The molecule has 2 aromatic carbocycles. The summed E-state index contributed by atoms with van der Waals surface area (Å²) in [5, 5.41) is 10.5. The molecule has 1 unspecified atom stereocenters. The highest BCUT2D eigenvalue weighted by molar-refractivity contribution is 6.30. The van der Waals surface area contributed by atoms with Crippen molar-refractivity contribution in [3.8, 4) is 5.75 Å². The maximum Gasteiger partial charge on any atom is 0.130 e. The SMILES string of the molecule is O[C@@H]1CC(c2cc(Cl)ccc2F)Oc2cc(F)ccc21. The van der Waals surface area contributed by atoms with Crippen LogP contribution in [0.2, 0.25) is 5.02 Å². The van der Waals surface area contributed by atoms with E-state index in [2.05, 4.69) is 0 Å². The summed E-state index contributed by atoms with van der Waals surface area (Å²) in [5.74, 6) is -0.706. The smallest absolute Gasteiger partial charge is 0.130 e. The third kappa shape index (κ3) is 2.37. The molecular formula is C15H11ClF2O2. The van der Waals surface area contributed by atoms with E-state index in [1.807, 2.05) is 0 Å². The normalized spacial score (nSPS) is 21.2. The lowest BCUT2D eigenvalue weighted by Crippen LogP contribution is -2.20. The van der Waals surface area contributed by atoms with Gasteiger partial charge >= 0.3 is 0 Å². The molecule has 2 nitrogen and oxygen atoms in total. The molecular weight excluding hydrogens is 286 g/mol. The fourth-order valence-electron chi connectivity index (χ4n) is 2.37. The quantitative estimate of drug-likeness (QED) is 0.855. The highest BCUT2D eigenvalue weighted by Gasteiger charge is 2.30. The van der Waals surface area contributed by atoms with E-state index in [1.54, 1.807) is 0 Å². The van der Waals surface area contributed by atoms with E-state index < -0.39 is 23.8 Å². The van der Waals surface area contributed by atoms with Gasteiger partial charge in [0.1, 0.15) is 23.5 Å². The second-order valence-electron chi connectivity index (χ2n) is 4.71. The van der Waals surface area contributed by atoms with Crippen LogP contribution in [0.4, 0.5) is 8.78 Å². The lowest BCUT2D eigenvalue weighted by atomic mass is 9.95. The molecule has 1 aliphatic heterocycles. The Labute approximate surface area is 119 Å². The molecule has 0 amide bonds. The second kappa shape index (κ2) is 5.04. The van der Waals surface area contributed by atoms with Crippen LogP contribution in [-0.2, 0) is 0 Å². The largest absolute Gasteiger partial charge is 0.485 e. The minimum Gasteiger partial charge on any atom is -0.485 e. The van der Waals surface area contributed by atoms with Crippen LogP contribution in [-0.4, -0.2) is 5.11 Å². The number of halogens is 3. The molecule has 0 radical (unpaired) electrons. The van der Waals surface area contributed by atoms with Crippen LogP contribution in [0.5, 0.6) is 5.75 Å². The van der Waals surface area contributed by atoms with Crippen LogP contribution >= 0.6 is 11.6 Å². The van der Waals surface area contributed by atoms with Crippen molar-refractivity contribution in [2.75, 3.05) is 0 Å². The summed E-state index contributed by atoms with van der Waals surface area (Å²) in [6.45, 7) is 0. The maximum atomic E-state index is 13.8. The van der Waals surface area contributed by atoms with E-state index in [0.717, 1.165) is 0 Å². The van der Waals surface area contributed by atoms with Crippen molar-refractivity contribution in [3.63, 3.8) is 0 Å². The highest BCUT2D eigenvalue weighted by Crippen LogP contribution is 2.41. The van der Waals surface area contributed by atoms with Crippen LogP contribution in [0.15, 0.2) is 36.4 Å². The standard InChI is InChI=1S/C15H11ClF2O2/c16-8-1-4-12(18)11(5-8)15-7-13(19)10-3-2-9(17)6-14(10)20-15/h1-6,13,15,19H,7H2/t13-,15?/m1/s1. The molecule has 0 saturated carbocycles. The van der Waals surface area contributed by atoms with Gasteiger partial charge in [-0.1, -0.05) is 11.6 Å². The first-order valence-corrected chi connectivity index (χ1v) is 6.51. The molecule has 5 heteroatoms. The summed E-state index contributed by atoms with van der Waals surface area (Å²) in [7, 11) is 0. The summed E-state index contributed by atoms with van der Waals surface area (Å²) in [5.41, 5.74) is 0.761. The van der Waals surface area contributed by atoms with Gasteiger partial charge in [0.25, 0.3) is 0 Å². The van der Waals surface area contributed by atoms with E-state index in [9.17, 15) is 13.9 Å². The van der Waals surface area contributed by atoms with Gasteiger partial charge in [0.05, 0.1) is 6.10 Å². The molecule has 2 aromatic rings. The lowest BCUT2D eigenvalue weighted by molar-refractivity contribution is 0.0636. The monoisotopic (exact) mass is 296 g/mol. The number of hydrogen-bond donors (Lipinski definition) is 1. The van der Waals surface area contributed by atoms with Crippen LogP contribution in [0, 0.1) is 11.6 Å². The molecule has 104 valence electrons. The van der Waals surface area contributed by atoms with Gasteiger partial charge in [0.15, 0.2) is 0 Å². The maximum absolute atomic E-state index is 13.8. The van der Waals surface area contributed by atoms with Gasteiger partial charge in [-0.25, -0.2) is 8.78 Å². The van der Waals surface area contributed by atoms with Crippen LogP contribution in [0.3, 0.4) is 0 Å². The van der Waals surface area contributed by atoms with Crippen molar-refractivity contribution >= 4 is 11.6 Å². The molecule has 0 aromatic heterocycles. The molecule has 0 fully saturated rings. The molecule has 1 heterocycles. The molecule has 0 aliphatic carbocycles. The number of fused-ring (bicyclic) bond motifs is 1. The number of aliphatic hydroxyl groups excluding tert-OH is 1. The van der Waals surface area contributed by atoms with Crippen molar-refractivity contribution in [2.45, 2.75) is 18.6 Å². The number of hydrogen-bond acceptors (Lipinski definition) is 2. The van der Waals surface area contributed by atoms with E-state index in [-0.39, 0.29) is 17.7 Å². The van der Waals surface area contributed by atoms with Gasteiger partial charge in [-0.15, -0.1) is 0 Å². The molecule has 1 aliphatic rings. The second-order valence-corrected chi connectivity index (χ2v) is 5.14. The van der Waals surface area contributed by atoms with E-state index in [0.29, 0.717) is 10.6 Å². The van der Waals surface area contributed by atoms with Gasteiger partial charge in [0, 0.05) is 28.6 Å². The molecule has 3 rings (SSSR count). The van der Waals surface area contributed by atoms with Gasteiger partial charge in [-0.05, 0) is 30.3 Å². The first-order valence-electron chi connectivity index (χ1n) is 6.13. The fraction of sp³-hybridized carbons (Fsp3) is 0.200. The average molecular weight is 297 g/mol. The molecule has 20 heavy (non-hydrogen) atoms. The Balaban J connectivity index is 2.00. The van der Waals surface area contributed by atoms with E-state index >= 15 is 0 Å². The Morgan fingerprint density at radius 1 is 1.10 bits per heavy atom. The minimum atomic E-state index is -0.831. The zero-order chi connectivity index (χ0) is 14.3. The van der Waals surface area contributed by atoms with Crippen molar-refractivity contribution < 1.29 is 18.6 Å². The summed E-state index contributed by atoms with van der Waals surface area (Å²) in [6.07, 6.45) is -1.34. The Hall–Kier alpha value is -1.65. The predicted octanol–water partition coefficient (Wildman–Crippen LogP) is 4.18. The molecule has 0 saturated heterocycles. The highest BCUT2D eigenvalue weighted by atomic mass is 35.5. The zero-order valence-corrected chi connectivity index (χ0v) is 11.1. The number of ether oxygens (including phenoxy) is 1. The number of rotatable bonds is 1. The van der Waals surface area contributed by atoms with Crippen molar-refractivity contribution in [2.24, 2.45) is 0 Å². The Morgan fingerprint density at radius 3 is 2.70 bits per heavy atom. The first kappa shape index (κ1) is 13.3. The third-order valence-electron chi connectivity index (χ3n) is 3.35. The Morgan fingerprint density at radius 2 is 1.90 bits per heavy atom. The third-order valence-corrected chi connectivity index (χ3v) is 3.58. The molecule has 0 bridgehead atoms. The van der Waals surface area contributed by atoms with Crippen molar-refractivity contribution in [1.82, 2.24) is 0 Å². The van der Waals surface area contributed by atoms with E-state index in [1.165, 1.54) is 36.4 Å². The Bertz CT molecular complexity index is 660. The fourth-order valence-corrected chi connectivity index (χ4v) is 2.55. The molecule has 0 spiro atoms. The summed E-state index contributed by atoms with van der Waals surface area (Å²) < 4.78 is 32.7. The summed E-state index contributed by atoms with van der Waals surface area (Å²) >= 11 is 5.85. The topological polar surface area (TPSA) is 29.5 Å². The number of benzene rings is 2. The minimum absolute atomic E-state index is 0.190. The predicted molar refractivity (Wildman–Crippen MR) is 70.8 cm³/mol. The average Bonchev–Trinajstić information content (AvgIpc) is 2.41. The van der Waals surface area contributed by atoms with Gasteiger partial charge in [-0.2, -0.15) is 0 Å².